The fraction of sp³-hybridized carbons (Fsp3) is 0. The van der Waals surface area contributed by atoms with Crippen molar-refractivity contribution in [2.45, 2.75) is 0 Å². The maximum absolute atomic E-state index is 12.3. The highest BCUT2D eigenvalue weighted by atomic mass is 79.9. The van der Waals surface area contributed by atoms with Crippen LogP contribution in [-0.4, -0.2) is 5.91 Å². The maximum Gasteiger partial charge on any atom is 0.291 e. The first-order valence-electron chi connectivity index (χ1n) is 6.66. The fourth-order valence-electron chi connectivity index (χ4n) is 2.04. The zero-order valence-corrected chi connectivity index (χ0v) is 14.7. The van der Waals surface area contributed by atoms with Gasteiger partial charge in [0.25, 0.3) is 5.91 Å². The minimum Gasteiger partial charge on any atom is -0.451 e. The number of amides is 1. The molecule has 6 heteroatoms. The molecule has 1 heterocycles. The summed E-state index contributed by atoms with van der Waals surface area (Å²) in [5.41, 5.74) is 1.30. The van der Waals surface area contributed by atoms with Crippen LogP contribution in [0.1, 0.15) is 10.6 Å². The molecule has 0 radical (unpaired) electrons. The lowest BCUT2D eigenvalue weighted by molar-refractivity contribution is 0.0997. The summed E-state index contributed by atoms with van der Waals surface area (Å²) < 4.78 is 6.40. The summed E-state index contributed by atoms with van der Waals surface area (Å²) in [6, 6.07) is 15.7. The highest BCUT2D eigenvalue weighted by Crippen LogP contribution is 2.32. The van der Waals surface area contributed by atoms with E-state index in [2.05, 4.69) is 21.2 Å². The van der Waals surface area contributed by atoms with E-state index in [0.29, 0.717) is 27.1 Å². The van der Waals surface area contributed by atoms with Gasteiger partial charge in [0.2, 0.25) is 0 Å². The zero-order valence-electron chi connectivity index (χ0n) is 11.6. The summed E-state index contributed by atoms with van der Waals surface area (Å²) in [4.78, 5) is 12.3. The molecule has 1 N–H and O–H groups in total. The standard InChI is InChI=1S/C17H10BrCl2NO2/c18-12-3-1-2-4-14(12)21-17(22)16-8-7-15(23-16)11-9-10(19)5-6-13(11)20/h1-9H,(H,21,22). The summed E-state index contributed by atoms with van der Waals surface area (Å²) in [5.74, 6) is 0.322. The number of anilines is 1. The lowest BCUT2D eigenvalue weighted by Gasteiger charge is -2.05. The molecular weight excluding hydrogens is 401 g/mol. The minimum atomic E-state index is -0.346. The molecule has 3 nitrogen and oxygen atoms in total. The minimum absolute atomic E-state index is 0.187. The van der Waals surface area contributed by atoms with Crippen LogP contribution in [0.5, 0.6) is 0 Å². The van der Waals surface area contributed by atoms with Crippen LogP contribution in [0.3, 0.4) is 0 Å². The summed E-state index contributed by atoms with van der Waals surface area (Å²) in [7, 11) is 0. The van der Waals surface area contributed by atoms with Crippen LogP contribution in [-0.2, 0) is 0 Å². The number of furan rings is 1. The number of nitrogens with one attached hydrogen (secondary N) is 1. The first-order chi connectivity index (χ1) is 11.0. The average molecular weight is 411 g/mol. The second kappa shape index (κ2) is 6.79. The molecule has 0 saturated carbocycles. The highest BCUT2D eigenvalue weighted by Gasteiger charge is 2.15. The van der Waals surface area contributed by atoms with E-state index < -0.39 is 0 Å². The predicted molar refractivity (Wildman–Crippen MR) is 96.3 cm³/mol. The second-order valence-corrected chi connectivity index (χ2v) is 6.42. The molecule has 23 heavy (non-hydrogen) atoms. The van der Waals surface area contributed by atoms with Crippen LogP contribution < -0.4 is 5.32 Å². The molecule has 0 aliphatic heterocycles. The van der Waals surface area contributed by atoms with Crippen LogP contribution in [0, 0.1) is 0 Å². The van der Waals surface area contributed by atoms with Gasteiger partial charge < -0.3 is 9.73 Å². The SMILES string of the molecule is O=C(Nc1ccccc1Br)c1ccc(-c2cc(Cl)ccc2Cl)o1. The van der Waals surface area contributed by atoms with Crippen molar-refractivity contribution in [1.29, 1.82) is 0 Å². The van der Waals surface area contributed by atoms with Gasteiger partial charge in [-0.2, -0.15) is 0 Å². The molecule has 0 atom stereocenters. The number of hydrogen-bond donors (Lipinski definition) is 1. The molecule has 1 aromatic heterocycles. The van der Waals surface area contributed by atoms with Gasteiger partial charge in [-0.15, -0.1) is 0 Å². The second-order valence-electron chi connectivity index (χ2n) is 4.72. The number of rotatable bonds is 3. The number of hydrogen-bond acceptors (Lipinski definition) is 2. The Labute approximate surface area is 151 Å². The van der Waals surface area contributed by atoms with Crippen molar-refractivity contribution in [2.24, 2.45) is 0 Å². The van der Waals surface area contributed by atoms with Crippen LogP contribution in [0.4, 0.5) is 5.69 Å². The summed E-state index contributed by atoms with van der Waals surface area (Å²) in [5, 5.41) is 3.82. The van der Waals surface area contributed by atoms with Crippen LogP contribution in [0.15, 0.2) is 63.5 Å². The Morgan fingerprint density at radius 1 is 1.04 bits per heavy atom. The van der Waals surface area contributed by atoms with E-state index in [1.165, 1.54) is 0 Å². The molecule has 3 rings (SSSR count). The van der Waals surface area contributed by atoms with Crippen molar-refractivity contribution in [3.05, 3.63) is 74.9 Å². The smallest absolute Gasteiger partial charge is 0.291 e. The largest absolute Gasteiger partial charge is 0.451 e. The molecule has 1 amide bonds. The Morgan fingerprint density at radius 3 is 2.61 bits per heavy atom. The summed E-state index contributed by atoms with van der Waals surface area (Å²) in [6.45, 7) is 0. The molecule has 0 aliphatic rings. The van der Waals surface area contributed by atoms with Gasteiger partial charge >= 0.3 is 0 Å². The molecule has 3 aromatic rings. The monoisotopic (exact) mass is 409 g/mol. The highest BCUT2D eigenvalue weighted by molar-refractivity contribution is 9.10. The molecule has 0 unspecified atom stereocenters. The van der Waals surface area contributed by atoms with E-state index in [9.17, 15) is 4.79 Å². The van der Waals surface area contributed by atoms with Crippen molar-refractivity contribution >= 4 is 50.7 Å². The lowest BCUT2D eigenvalue weighted by atomic mass is 10.2. The molecular formula is C17H10BrCl2NO2. The number of benzene rings is 2. The molecule has 0 bridgehead atoms. The third kappa shape index (κ3) is 3.61. The number of carbonyl (C=O) groups is 1. The molecule has 2 aromatic carbocycles. The van der Waals surface area contributed by atoms with Crippen LogP contribution in [0.2, 0.25) is 10.0 Å². The summed E-state index contributed by atoms with van der Waals surface area (Å²) in [6.07, 6.45) is 0. The normalized spacial score (nSPS) is 10.6. The molecule has 116 valence electrons. The summed E-state index contributed by atoms with van der Waals surface area (Å²) >= 11 is 15.5. The van der Waals surface area contributed by atoms with Crippen LogP contribution >= 0.6 is 39.1 Å². The number of carbonyl (C=O) groups excluding carboxylic acids is 1. The maximum atomic E-state index is 12.3. The Hall–Kier alpha value is -1.75. The average Bonchev–Trinajstić information content (AvgIpc) is 3.02. The first-order valence-corrected chi connectivity index (χ1v) is 8.20. The van der Waals surface area contributed by atoms with Gasteiger partial charge in [0, 0.05) is 15.1 Å². The quantitative estimate of drug-likeness (QED) is 0.552. The molecule has 0 saturated heterocycles. The van der Waals surface area contributed by atoms with E-state index in [4.69, 9.17) is 27.6 Å². The number of para-hydroxylation sites is 1. The van der Waals surface area contributed by atoms with Crippen molar-refractivity contribution in [3.8, 4) is 11.3 Å². The van der Waals surface area contributed by atoms with Gasteiger partial charge in [0.1, 0.15) is 5.76 Å². The first kappa shape index (κ1) is 16.1. The Bertz CT molecular complexity index is 877. The van der Waals surface area contributed by atoms with E-state index >= 15 is 0 Å². The Balaban J connectivity index is 1.86. The van der Waals surface area contributed by atoms with Gasteiger partial charge in [-0.05, 0) is 58.4 Å². The predicted octanol–water partition coefficient (Wildman–Crippen LogP) is 6.27. The van der Waals surface area contributed by atoms with Gasteiger partial charge in [0.05, 0.1) is 10.7 Å². The van der Waals surface area contributed by atoms with Gasteiger partial charge in [-0.3, -0.25) is 4.79 Å². The zero-order chi connectivity index (χ0) is 16.4. The van der Waals surface area contributed by atoms with Gasteiger partial charge in [-0.25, -0.2) is 0 Å². The third-order valence-corrected chi connectivity index (χ3v) is 4.40. The molecule has 0 aliphatic carbocycles. The van der Waals surface area contributed by atoms with Crippen LogP contribution in [0.25, 0.3) is 11.3 Å². The van der Waals surface area contributed by atoms with Crippen molar-refractivity contribution in [1.82, 2.24) is 0 Å². The number of halogens is 3. The van der Waals surface area contributed by atoms with E-state index in [1.54, 1.807) is 36.4 Å². The van der Waals surface area contributed by atoms with Crippen molar-refractivity contribution < 1.29 is 9.21 Å². The molecule has 0 fully saturated rings. The van der Waals surface area contributed by atoms with Gasteiger partial charge in [-0.1, -0.05) is 35.3 Å². The van der Waals surface area contributed by atoms with E-state index in [1.807, 2.05) is 18.2 Å². The lowest BCUT2D eigenvalue weighted by Crippen LogP contribution is -2.11. The van der Waals surface area contributed by atoms with E-state index in [-0.39, 0.29) is 11.7 Å². The third-order valence-electron chi connectivity index (χ3n) is 3.15. The van der Waals surface area contributed by atoms with Gasteiger partial charge in [0.15, 0.2) is 5.76 Å². The van der Waals surface area contributed by atoms with Crippen molar-refractivity contribution in [2.75, 3.05) is 5.32 Å². The molecule has 0 spiro atoms. The topological polar surface area (TPSA) is 42.2 Å². The fourth-order valence-corrected chi connectivity index (χ4v) is 2.80. The van der Waals surface area contributed by atoms with E-state index in [0.717, 1.165) is 4.47 Å². The Morgan fingerprint density at radius 2 is 1.83 bits per heavy atom. The van der Waals surface area contributed by atoms with Crippen molar-refractivity contribution in [3.63, 3.8) is 0 Å². The Kier molecular flexibility index (Phi) is 4.76.